The molecule has 3 aromatic rings. The monoisotopic (exact) mass is 398 g/mol. The Labute approximate surface area is 176 Å². The molecule has 2 aromatic carbocycles. The Hall–Kier alpha value is -3.01. The first-order valence-corrected chi connectivity index (χ1v) is 10.9. The third-order valence-electron chi connectivity index (χ3n) is 6.64. The SMILES string of the molecule is O=C(c1ccc2c3c(cccc13)CC2)[C@@H]1CCCN(C(=O)CCc2cccnc2)C1. The van der Waals surface area contributed by atoms with Gasteiger partial charge in [0, 0.05) is 43.4 Å². The lowest BCUT2D eigenvalue weighted by molar-refractivity contribution is -0.132. The van der Waals surface area contributed by atoms with E-state index < -0.39 is 0 Å². The first kappa shape index (κ1) is 19.0. The van der Waals surface area contributed by atoms with E-state index in [-0.39, 0.29) is 17.6 Å². The molecule has 5 rings (SSSR count). The number of pyridine rings is 1. The average Bonchev–Trinajstić information content (AvgIpc) is 3.23. The smallest absolute Gasteiger partial charge is 0.222 e. The maximum absolute atomic E-state index is 13.5. The van der Waals surface area contributed by atoms with Gasteiger partial charge in [0.25, 0.3) is 0 Å². The molecule has 0 saturated carbocycles. The molecule has 2 aliphatic rings. The number of aromatic nitrogens is 1. The van der Waals surface area contributed by atoms with E-state index in [0.29, 0.717) is 19.4 Å². The van der Waals surface area contributed by atoms with Crippen LogP contribution in [0.3, 0.4) is 0 Å². The second-order valence-corrected chi connectivity index (χ2v) is 8.52. The Kier molecular flexibility index (Phi) is 5.07. The van der Waals surface area contributed by atoms with Crippen molar-refractivity contribution in [3.8, 4) is 0 Å². The van der Waals surface area contributed by atoms with E-state index in [2.05, 4.69) is 29.2 Å². The summed E-state index contributed by atoms with van der Waals surface area (Å²) < 4.78 is 0. The predicted octanol–water partition coefficient (Wildman–Crippen LogP) is 4.39. The summed E-state index contributed by atoms with van der Waals surface area (Å²) in [4.78, 5) is 32.2. The van der Waals surface area contributed by atoms with E-state index >= 15 is 0 Å². The van der Waals surface area contributed by atoms with E-state index in [1.807, 2.05) is 29.3 Å². The van der Waals surface area contributed by atoms with Gasteiger partial charge in [-0.1, -0.05) is 36.4 Å². The van der Waals surface area contributed by atoms with Crippen LogP contribution in [-0.2, 0) is 24.1 Å². The maximum atomic E-state index is 13.5. The van der Waals surface area contributed by atoms with E-state index in [0.717, 1.165) is 48.7 Å². The molecule has 0 bridgehead atoms. The standard InChI is InChI=1S/C26H26N2O2/c29-24(13-8-18-4-2-14-27-16-18)28-15-3-6-21(17-28)26(30)23-12-11-20-10-9-19-5-1-7-22(23)25(19)20/h1-2,4-5,7,11-12,14,16,21H,3,6,8-10,13,15,17H2/t21-/m1/s1. The van der Waals surface area contributed by atoms with Crippen LogP contribution in [0.5, 0.6) is 0 Å². The summed E-state index contributed by atoms with van der Waals surface area (Å²) >= 11 is 0. The molecule has 1 aliphatic heterocycles. The van der Waals surface area contributed by atoms with Gasteiger partial charge in [-0.2, -0.15) is 0 Å². The van der Waals surface area contributed by atoms with Gasteiger partial charge in [0.15, 0.2) is 5.78 Å². The summed E-state index contributed by atoms with van der Waals surface area (Å²) in [6.07, 6.45) is 8.58. The number of likely N-dealkylation sites (tertiary alicyclic amines) is 1. The van der Waals surface area contributed by atoms with Crippen molar-refractivity contribution in [1.29, 1.82) is 0 Å². The van der Waals surface area contributed by atoms with Gasteiger partial charge >= 0.3 is 0 Å². The van der Waals surface area contributed by atoms with Crippen molar-refractivity contribution in [1.82, 2.24) is 9.88 Å². The predicted molar refractivity (Wildman–Crippen MR) is 118 cm³/mol. The van der Waals surface area contributed by atoms with Gasteiger partial charge in [-0.05, 0) is 65.6 Å². The van der Waals surface area contributed by atoms with Crippen LogP contribution in [0.1, 0.15) is 46.3 Å². The molecule has 1 saturated heterocycles. The van der Waals surface area contributed by atoms with Gasteiger partial charge < -0.3 is 4.90 Å². The molecule has 0 unspecified atom stereocenters. The largest absolute Gasteiger partial charge is 0.342 e. The van der Waals surface area contributed by atoms with Crippen molar-refractivity contribution in [3.63, 3.8) is 0 Å². The van der Waals surface area contributed by atoms with Crippen molar-refractivity contribution >= 4 is 22.5 Å². The molecule has 30 heavy (non-hydrogen) atoms. The molecule has 0 spiro atoms. The minimum Gasteiger partial charge on any atom is -0.342 e. The molecule has 2 heterocycles. The molecule has 0 N–H and O–H groups in total. The number of ketones is 1. The van der Waals surface area contributed by atoms with Crippen LogP contribution in [0, 0.1) is 5.92 Å². The molecule has 0 radical (unpaired) electrons. The van der Waals surface area contributed by atoms with Crippen LogP contribution in [0.2, 0.25) is 0 Å². The lowest BCUT2D eigenvalue weighted by Crippen LogP contribution is -2.42. The Bertz CT molecular complexity index is 1100. The van der Waals surface area contributed by atoms with Crippen LogP contribution < -0.4 is 0 Å². The van der Waals surface area contributed by atoms with Crippen molar-refractivity contribution in [3.05, 3.63) is 77.1 Å². The fourth-order valence-electron chi connectivity index (χ4n) is 5.05. The maximum Gasteiger partial charge on any atom is 0.222 e. The number of piperidine rings is 1. The van der Waals surface area contributed by atoms with E-state index in [4.69, 9.17) is 0 Å². The molecule has 1 fully saturated rings. The van der Waals surface area contributed by atoms with Gasteiger partial charge in [0.1, 0.15) is 0 Å². The highest BCUT2D eigenvalue weighted by Crippen LogP contribution is 2.34. The summed E-state index contributed by atoms with van der Waals surface area (Å²) in [7, 11) is 0. The lowest BCUT2D eigenvalue weighted by Gasteiger charge is -2.32. The third-order valence-corrected chi connectivity index (χ3v) is 6.64. The fraction of sp³-hybridized carbons (Fsp3) is 0.346. The highest BCUT2D eigenvalue weighted by atomic mass is 16.2. The normalized spacial score (nSPS) is 18.0. The van der Waals surface area contributed by atoms with Crippen LogP contribution in [-0.4, -0.2) is 34.7 Å². The first-order chi connectivity index (χ1) is 14.7. The third kappa shape index (κ3) is 3.51. The Morgan fingerprint density at radius 2 is 1.90 bits per heavy atom. The molecule has 1 aliphatic carbocycles. The molecular formula is C26H26N2O2. The summed E-state index contributed by atoms with van der Waals surface area (Å²) in [5.74, 6) is 0.215. The van der Waals surface area contributed by atoms with Gasteiger partial charge in [-0.3, -0.25) is 14.6 Å². The number of amides is 1. The van der Waals surface area contributed by atoms with E-state index in [1.54, 1.807) is 6.20 Å². The van der Waals surface area contributed by atoms with Gasteiger partial charge in [-0.15, -0.1) is 0 Å². The number of Topliss-reactive ketones (excluding diaryl/α,β-unsaturated/α-hetero) is 1. The summed E-state index contributed by atoms with van der Waals surface area (Å²) in [5, 5.41) is 2.37. The number of hydrogen-bond donors (Lipinski definition) is 0. The van der Waals surface area contributed by atoms with Crippen molar-refractivity contribution < 1.29 is 9.59 Å². The average molecular weight is 399 g/mol. The zero-order chi connectivity index (χ0) is 20.5. The minimum absolute atomic E-state index is 0.112. The number of carbonyl (C=O) groups is 2. The summed E-state index contributed by atoms with van der Waals surface area (Å²) in [6, 6.07) is 14.4. The van der Waals surface area contributed by atoms with Crippen molar-refractivity contribution in [2.45, 2.75) is 38.5 Å². The highest BCUT2D eigenvalue weighted by Gasteiger charge is 2.30. The zero-order valence-electron chi connectivity index (χ0n) is 17.1. The molecule has 1 amide bonds. The number of hydrogen-bond acceptors (Lipinski definition) is 3. The molecule has 4 nitrogen and oxygen atoms in total. The van der Waals surface area contributed by atoms with E-state index in [1.165, 1.54) is 16.5 Å². The minimum atomic E-state index is -0.112. The zero-order valence-corrected chi connectivity index (χ0v) is 17.1. The van der Waals surface area contributed by atoms with Gasteiger partial charge in [-0.25, -0.2) is 0 Å². The quantitative estimate of drug-likeness (QED) is 0.599. The molecular weight excluding hydrogens is 372 g/mol. The number of carbonyl (C=O) groups excluding carboxylic acids is 2. The van der Waals surface area contributed by atoms with Crippen LogP contribution in [0.25, 0.3) is 10.8 Å². The summed E-state index contributed by atoms with van der Waals surface area (Å²) in [5.41, 5.74) is 4.61. The first-order valence-electron chi connectivity index (χ1n) is 10.9. The van der Waals surface area contributed by atoms with Gasteiger partial charge in [0.2, 0.25) is 5.91 Å². The van der Waals surface area contributed by atoms with Crippen LogP contribution >= 0.6 is 0 Å². The second kappa shape index (κ2) is 8.02. The van der Waals surface area contributed by atoms with Gasteiger partial charge in [0.05, 0.1) is 0 Å². The fourth-order valence-corrected chi connectivity index (χ4v) is 5.05. The van der Waals surface area contributed by atoms with E-state index in [9.17, 15) is 9.59 Å². The van der Waals surface area contributed by atoms with Crippen molar-refractivity contribution in [2.75, 3.05) is 13.1 Å². The topological polar surface area (TPSA) is 50.3 Å². The summed E-state index contributed by atoms with van der Waals surface area (Å²) in [6.45, 7) is 1.28. The van der Waals surface area contributed by atoms with Crippen molar-refractivity contribution in [2.24, 2.45) is 5.92 Å². The Balaban J connectivity index is 1.31. The molecule has 1 atom stereocenters. The molecule has 152 valence electrons. The lowest BCUT2D eigenvalue weighted by atomic mass is 9.87. The van der Waals surface area contributed by atoms with Crippen LogP contribution in [0.15, 0.2) is 54.9 Å². The number of aryl methyl sites for hydroxylation is 3. The highest BCUT2D eigenvalue weighted by molar-refractivity contribution is 6.11. The number of benzene rings is 2. The molecule has 4 heteroatoms. The van der Waals surface area contributed by atoms with Crippen LogP contribution in [0.4, 0.5) is 0 Å². The molecule has 1 aromatic heterocycles. The number of nitrogens with zero attached hydrogens (tertiary/aromatic N) is 2. The number of rotatable bonds is 5. The second-order valence-electron chi connectivity index (χ2n) is 8.52. The Morgan fingerprint density at radius 1 is 1.03 bits per heavy atom. The Morgan fingerprint density at radius 3 is 2.73 bits per heavy atom.